The number of halogens is 1. The summed E-state index contributed by atoms with van der Waals surface area (Å²) in [4.78, 5) is 12.6. The van der Waals surface area contributed by atoms with Crippen LogP contribution >= 0.6 is 0 Å². The topological polar surface area (TPSA) is 49.8 Å². The number of carboxylic acids is 1. The van der Waals surface area contributed by atoms with Gasteiger partial charge in [0.15, 0.2) is 5.82 Å². The highest BCUT2D eigenvalue weighted by atomic mass is 19.1. The Morgan fingerprint density at radius 3 is 2.69 bits per heavy atom. The van der Waals surface area contributed by atoms with Crippen molar-refractivity contribution in [2.24, 2.45) is 0 Å². The van der Waals surface area contributed by atoms with Gasteiger partial charge in [-0.3, -0.25) is 0 Å². The lowest BCUT2D eigenvalue weighted by Crippen LogP contribution is -2.37. The quantitative estimate of drug-likeness (QED) is 0.825. The van der Waals surface area contributed by atoms with E-state index in [4.69, 9.17) is 9.84 Å². The van der Waals surface area contributed by atoms with Crippen LogP contribution in [0, 0.1) is 5.82 Å². The number of carboxylic acid groups (broad SMARTS) is 1. The fraction of sp³-hybridized carbons (Fsp3) is 0.364. The molecule has 5 heteroatoms. The number of rotatable bonds is 2. The first kappa shape index (κ1) is 10.9. The first-order chi connectivity index (χ1) is 7.70. The van der Waals surface area contributed by atoms with Crippen molar-refractivity contribution >= 4 is 11.7 Å². The third-order valence-corrected chi connectivity index (χ3v) is 2.56. The standard InChI is InChI=1S/C11H12FNO3/c12-10-8(11(14)15)2-1-3-9(10)13-4-6-16-7-5-13/h1-3H,4-7H2,(H,14,15). The Bertz CT molecular complexity index is 402. The van der Waals surface area contributed by atoms with Gasteiger partial charge in [-0.05, 0) is 12.1 Å². The highest BCUT2D eigenvalue weighted by Gasteiger charge is 2.19. The lowest BCUT2D eigenvalue weighted by Gasteiger charge is -2.29. The molecule has 1 saturated heterocycles. The van der Waals surface area contributed by atoms with Gasteiger partial charge in [0.25, 0.3) is 0 Å². The van der Waals surface area contributed by atoms with Gasteiger partial charge in [-0.2, -0.15) is 0 Å². The molecule has 1 aromatic carbocycles. The number of carbonyl (C=O) groups is 1. The molecule has 0 saturated carbocycles. The van der Waals surface area contributed by atoms with Crippen LogP contribution in [0.15, 0.2) is 18.2 Å². The van der Waals surface area contributed by atoms with Crippen LogP contribution in [0.2, 0.25) is 0 Å². The van der Waals surface area contributed by atoms with Crippen LogP contribution in [0.1, 0.15) is 10.4 Å². The van der Waals surface area contributed by atoms with Gasteiger partial charge in [0, 0.05) is 13.1 Å². The zero-order chi connectivity index (χ0) is 11.5. The molecule has 1 fully saturated rings. The lowest BCUT2D eigenvalue weighted by molar-refractivity contribution is 0.0692. The van der Waals surface area contributed by atoms with Gasteiger partial charge < -0.3 is 14.7 Å². The van der Waals surface area contributed by atoms with E-state index in [1.54, 1.807) is 17.0 Å². The molecule has 2 rings (SSSR count). The molecular weight excluding hydrogens is 213 g/mol. The van der Waals surface area contributed by atoms with E-state index >= 15 is 0 Å². The average molecular weight is 225 g/mol. The summed E-state index contributed by atoms with van der Waals surface area (Å²) in [5, 5.41) is 8.81. The molecule has 1 N–H and O–H groups in total. The van der Waals surface area contributed by atoms with Gasteiger partial charge in [-0.15, -0.1) is 0 Å². The van der Waals surface area contributed by atoms with Crippen LogP contribution in [0.25, 0.3) is 0 Å². The Labute approximate surface area is 92.2 Å². The molecule has 86 valence electrons. The molecule has 4 nitrogen and oxygen atoms in total. The summed E-state index contributed by atoms with van der Waals surface area (Å²) in [6.07, 6.45) is 0. The van der Waals surface area contributed by atoms with E-state index in [-0.39, 0.29) is 5.56 Å². The number of aromatic carboxylic acids is 1. The Balaban J connectivity index is 2.33. The number of morpholine rings is 1. The van der Waals surface area contributed by atoms with Crippen LogP contribution in [0.4, 0.5) is 10.1 Å². The number of ether oxygens (including phenoxy) is 1. The normalized spacial score (nSPS) is 16.2. The lowest BCUT2D eigenvalue weighted by atomic mass is 10.1. The summed E-state index contributed by atoms with van der Waals surface area (Å²) in [5.41, 5.74) is 0.0483. The molecule has 0 amide bonds. The van der Waals surface area contributed by atoms with Crippen LogP contribution in [-0.4, -0.2) is 37.4 Å². The van der Waals surface area contributed by atoms with Crippen LogP contribution in [-0.2, 0) is 4.74 Å². The van der Waals surface area contributed by atoms with Crippen molar-refractivity contribution in [3.8, 4) is 0 Å². The van der Waals surface area contributed by atoms with E-state index in [1.807, 2.05) is 0 Å². The van der Waals surface area contributed by atoms with Crippen molar-refractivity contribution in [2.75, 3.05) is 31.2 Å². The molecule has 1 heterocycles. The van der Waals surface area contributed by atoms with Crippen molar-refractivity contribution < 1.29 is 19.0 Å². The van der Waals surface area contributed by atoms with Crippen molar-refractivity contribution in [1.82, 2.24) is 0 Å². The molecule has 1 aliphatic heterocycles. The van der Waals surface area contributed by atoms with E-state index < -0.39 is 11.8 Å². The Morgan fingerprint density at radius 1 is 1.38 bits per heavy atom. The molecule has 0 radical (unpaired) electrons. The zero-order valence-corrected chi connectivity index (χ0v) is 8.65. The maximum Gasteiger partial charge on any atom is 0.338 e. The Kier molecular flexibility index (Phi) is 3.05. The second kappa shape index (κ2) is 4.49. The summed E-state index contributed by atoms with van der Waals surface area (Å²) >= 11 is 0. The highest BCUT2D eigenvalue weighted by Crippen LogP contribution is 2.23. The minimum atomic E-state index is -1.24. The summed E-state index contributed by atoms with van der Waals surface area (Å²) in [6.45, 7) is 2.24. The maximum absolute atomic E-state index is 13.8. The molecule has 0 spiro atoms. The maximum atomic E-state index is 13.8. The number of hydrogen-bond acceptors (Lipinski definition) is 3. The molecule has 0 atom stereocenters. The predicted octanol–water partition coefficient (Wildman–Crippen LogP) is 1.36. The second-order valence-corrected chi connectivity index (χ2v) is 3.54. The number of nitrogens with zero attached hydrogens (tertiary/aromatic N) is 1. The summed E-state index contributed by atoms with van der Waals surface area (Å²) < 4.78 is 19.0. The van der Waals surface area contributed by atoms with Crippen LogP contribution in [0.3, 0.4) is 0 Å². The van der Waals surface area contributed by atoms with Crippen molar-refractivity contribution in [3.05, 3.63) is 29.6 Å². The van der Waals surface area contributed by atoms with Crippen molar-refractivity contribution in [1.29, 1.82) is 0 Å². The third kappa shape index (κ3) is 1.99. The first-order valence-corrected chi connectivity index (χ1v) is 5.04. The molecule has 0 bridgehead atoms. The first-order valence-electron chi connectivity index (χ1n) is 5.04. The fourth-order valence-corrected chi connectivity index (χ4v) is 1.73. The van der Waals surface area contributed by atoms with Crippen molar-refractivity contribution in [2.45, 2.75) is 0 Å². The second-order valence-electron chi connectivity index (χ2n) is 3.54. The SMILES string of the molecule is O=C(O)c1cccc(N2CCOCC2)c1F. The molecule has 0 aromatic heterocycles. The van der Waals surface area contributed by atoms with E-state index in [0.29, 0.717) is 32.0 Å². The van der Waals surface area contributed by atoms with Gasteiger partial charge in [-0.25, -0.2) is 9.18 Å². The van der Waals surface area contributed by atoms with E-state index in [9.17, 15) is 9.18 Å². The van der Waals surface area contributed by atoms with Crippen LogP contribution in [0.5, 0.6) is 0 Å². The molecule has 16 heavy (non-hydrogen) atoms. The van der Waals surface area contributed by atoms with E-state index in [2.05, 4.69) is 0 Å². The van der Waals surface area contributed by atoms with E-state index in [1.165, 1.54) is 6.07 Å². The van der Waals surface area contributed by atoms with Gasteiger partial charge in [0.2, 0.25) is 0 Å². The predicted molar refractivity (Wildman–Crippen MR) is 56.4 cm³/mol. The minimum Gasteiger partial charge on any atom is -0.478 e. The van der Waals surface area contributed by atoms with Gasteiger partial charge in [0.1, 0.15) is 0 Å². The number of anilines is 1. The molecule has 0 unspecified atom stereocenters. The third-order valence-electron chi connectivity index (χ3n) is 2.56. The monoisotopic (exact) mass is 225 g/mol. The molecule has 1 aliphatic rings. The summed E-state index contributed by atoms with van der Waals surface area (Å²) in [7, 11) is 0. The fourth-order valence-electron chi connectivity index (χ4n) is 1.73. The largest absolute Gasteiger partial charge is 0.478 e. The van der Waals surface area contributed by atoms with Gasteiger partial charge >= 0.3 is 5.97 Å². The summed E-state index contributed by atoms with van der Waals surface area (Å²) in [5.74, 6) is -1.91. The average Bonchev–Trinajstić information content (AvgIpc) is 2.30. The summed E-state index contributed by atoms with van der Waals surface area (Å²) in [6, 6.07) is 4.41. The minimum absolute atomic E-state index is 0.288. The van der Waals surface area contributed by atoms with Gasteiger partial charge in [-0.1, -0.05) is 6.07 Å². The highest BCUT2D eigenvalue weighted by molar-refractivity contribution is 5.89. The van der Waals surface area contributed by atoms with E-state index in [0.717, 1.165) is 0 Å². The molecular formula is C11H12FNO3. The molecule has 0 aliphatic carbocycles. The smallest absolute Gasteiger partial charge is 0.338 e. The number of benzene rings is 1. The van der Waals surface area contributed by atoms with Crippen molar-refractivity contribution in [3.63, 3.8) is 0 Å². The number of hydrogen-bond donors (Lipinski definition) is 1. The molecule has 1 aromatic rings. The Hall–Kier alpha value is -1.62. The zero-order valence-electron chi connectivity index (χ0n) is 8.65. The van der Waals surface area contributed by atoms with Crippen LogP contribution < -0.4 is 4.90 Å². The Morgan fingerprint density at radius 2 is 2.06 bits per heavy atom. The van der Waals surface area contributed by atoms with Gasteiger partial charge in [0.05, 0.1) is 24.5 Å².